The number of halogens is 1. The molecule has 1 saturated carbocycles. The molecular formula is C4H6BINO3S. The molecule has 4 nitrogen and oxygen atoms in total. The number of hydrogen-bond acceptors (Lipinski definition) is 3. The van der Waals surface area contributed by atoms with E-state index in [-0.39, 0.29) is 5.25 Å². The molecule has 1 N–H and O–H groups in total. The second-order valence-corrected chi connectivity index (χ2v) is 4.90. The third kappa shape index (κ3) is 2.62. The van der Waals surface area contributed by atoms with Gasteiger partial charge in [-0.2, -0.15) is 0 Å². The van der Waals surface area contributed by atoms with Gasteiger partial charge in [0.2, 0.25) is 10.0 Å². The van der Waals surface area contributed by atoms with Crippen molar-refractivity contribution in [3.8, 4) is 0 Å². The lowest BCUT2D eigenvalue weighted by molar-refractivity contribution is 0.263. The van der Waals surface area contributed by atoms with Crippen molar-refractivity contribution in [3.63, 3.8) is 0 Å². The second kappa shape index (κ2) is 3.30. The summed E-state index contributed by atoms with van der Waals surface area (Å²) >= 11 is 1.70. The first-order valence-corrected chi connectivity index (χ1v) is 5.84. The van der Waals surface area contributed by atoms with Crippen LogP contribution in [0.4, 0.5) is 4.79 Å². The van der Waals surface area contributed by atoms with Gasteiger partial charge >= 0.3 is 5.14 Å². The van der Waals surface area contributed by atoms with E-state index in [1.807, 2.05) is 4.72 Å². The van der Waals surface area contributed by atoms with Gasteiger partial charge in [-0.05, 0) is 12.8 Å². The molecule has 1 aliphatic rings. The molecule has 0 aliphatic heterocycles. The average Bonchev–Trinajstić information content (AvgIpc) is 2.66. The SMILES string of the molecule is O=C([B]I)NS(=O)(=O)C1CC1. The molecule has 1 aliphatic carbocycles. The van der Waals surface area contributed by atoms with Crippen LogP contribution in [0.1, 0.15) is 12.8 Å². The minimum atomic E-state index is -3.33. The third-order valence-corrected chi connectivity index (χ3v) is 3.71. The van der Waals surface area contributed by atoms with Crippen molar-refractivity contribution in [2.24, 2.45) is 0 Å². The first-order valence-electron chi connectivity index (χ1n) is 3.05. The zero-order valence-electron chi connectivity index (χ0n) is 5.58. The smallest absolute Gasteiger partial charge is 0.286 e. The van der Waals surface area contributed by atoms with Crippen molar-refractivity contribution < 1.29 is 13.2 Å². The predicted octanol–water partition coefficient (Wildman–Crippen LogP) is 0.242. The van der Waals surface area contributed by atoms with Crippen LogP contribution >= 0.6 is 22.4 Å². The summed E-state index contributed by atoms with van der Waals surface area (Å²) < 4.78 is 24.0. The van der Waals surface area contributed by atoms with E-state index >= 15 is 0 Å². The van der Waals surface area contributed by atoms with E-state index in [1.165, 1.54) is 0 Å². The Morgan fingerprint density at radius 1 is 1.55 bits per heavy atom. The summed E-state index contributed by atoms with van der Waals surface area (Å²) in [7, 11) is -3.33. The topological polar surface area (TPSA) is 63.2 Å². The van der Waals surface area contributed by atoms with Crippen LogP contribution in [-0.4, -0.2) is 24.6 Å². The molecule has 11 heavy (non-hydrogen) atoms. The molecule has 1 rings (SSSR count). The highest BCUT2D eigenvalue weighted by Gasteiger charge is 2.36. The lowest BCUT2D eigenvalue weighted by atomic mass is 10.1. The van der Waals surface area contributed by atoms with Crippen LogP contribution in [-0.2, 0) is 10.0 Å². The Kier molecular flexibility index (Phi) is 2.79. The monoisotopic (exact) mass is 286 g/mol. The van der Waals surface area contributed by atoms with E-state index in [0.717, 1.165) is 5.14 Å². The van der Waals surface area contributed by atoms with Gasteiger partial charge in [0.25, 0.3) is 0 Å². The first-order chi connectivity index (χ1) is 5.06. The van der Waals surface area contributed by atoms with Gasteiger partial charge in [-0.25, -0.2) is 8.42 Å². The standard InChI is InChI=1S/C4H6BINO3S/c6-5-4(8)7-11(9,10)3-1-2-3/h3H,1-2H2,(H,7,8). The van der Waals surface area contributed by atoms with Gasteiger partial charge < -0.3 is 0 Å². The van der Waals surface area contributed by atoms with Crippen molar-refractivity contribution in [2.45, 2.75) is 18.1 Å². The van der Waals surface area contributed by atoms with Gasteiger partial charge in [0.15, 0.2) is 5.81 Å². The highest BCUT2D eigenvalue weighted by atomic mass is 127. The van der Waals surface area contributed by atoms with Crippen molar-refractivity contribution >= 4 is 43.3 Å². The fraction of sp³-hybridized carbons (Fsp3) is 0.750. The summed E-state index contributed by atoms with van der Waals surface area (Å²) in [6.45, 7) is 0. The van der Waals surface area contributed by atoms with Crippen molar-refractivity contribution in [2.75, 3.05) is 0 Å². The van der Waals surface area contributed by atoms with E-state index in [9.17, 15) is 13.2 Å². The van der Waals surface area contributed by atoms with Crippen LogP contribution in [0.2, 0.25) is 0 Å². The lowest BCUT2D eigenvalue weighted by Gasteiger charge is -2.01. The average molecular weight is 286 g/mol. The number of nitrogens with one attached hydrogen (secondary N) is 1. The Morgan fingerprint density at radius 3 is 2.45 bits per heavy atom. The van der Waals surface area contributed by atoms with Crippen molar-refractivity contribution in [1.82, 2.24) is 4.72 Å². The zero-order valence-corrected chi connectivity index (χ0v) is 8.55. The summed E-state index contributed by atoms with van der Waals surface area (Å²) in [6, 6.07) is 0. The van der Waals surface area contributed by atoms with Gasteiger partial charge in [-0.15, -0.1) is 22.4 Å². The van der Waals surface area contributed by atoms with Crippen LogP contribution < -0.4 is 4.72 Å². The Hall–Kier alpha value is 0.215. The van der Waals surface area contributed by atoms with Crippen LogP contribution in [0.25, 0.3) is 0 Å². The molecule has 1 fully saturated rings. The van der Waals surface area contributed by atoms with Gasteiger partial charge in [-0.3, -0.25) is 9.52 Å². The number of rotatable bonds is 3. The van der Waals surface area contributed by atoms with Gasteiger partial charge in [0.05, 0.1) is 5.25 Å². The maximum atomic E-state index is 11.0. The van der Waals surface area contributed by atoms with Crippen molar-refractivity contribution in [1.29, 1.82) is 0 Å². The summed E-state index contributed by atoms with van der Waals surface area (Å²) in [5, 5.41) is 0.834. The summed E-state index contributed by atoms with van der Waals surface area (Å²) in [5.41, 5.74) is 0. The molecule has 0 aromatic carbocycles. The molecule has 0 bridgehead atoms. The molecule has 1 radical (unpaired) electrons. The first kappa shape index (κ1) is 9.30. The molecule has 0 atom stereocenters. The second-order valence-electron chi connectivity index (χ2n) is 2.32. The molecule has 0 spiro atoms. The Bertz CT molecular complexity index is 261. The van der Waals surface area contributed by atoms with Crippen LogP contribution in [0.5, 0.6) is 0 Å². The maximum Gasteiger partial charge on any atom is 0.318 e. The lowest BCUT2D eigenvalue weighted by Crippen LogP contribution is -2.33. The van der Waals surface area contributed by atoms with Gasteiger partial charge in [0.1, 0.15) is 0 Å². The summed E-state index contributed by atoms with van der Waals surface area (Å²) in [4.78, 5) is 10.6. The molecule has 61 valence electrons. The Labute approximate surface area is 79.3 Å². The third-order valence-electron chi connectivity index (χ3n) is 1.31. The van der Waals surface area contributed by atoms with E-state index in [1.54, 1.807) is 22.4 Å². The number of hydrogen-bond donors (Lipinski definition) is 1. The molecule has 0 saturated heterocycles. The van der Waals surface area contributed by atoms with E-state index in [4.69, 9.17) is 0 Å². The summed E-state index contributed by atoms with van der Waals surface area (Å²) in [6.07, 6.45) is 1.34. The highest BCUT2D eigenvalue weighted by Crippen LogP contribution is 2.27. The fourth-order valence-corrected chi connectivity index (χ4v) is 2.25. The fourth-order valence-electron chi connectivity index (χ4n) is 0.624. The predicted molar refractivity (Wildman–Crippen MR) is 50.2 cm³/mol. The Morgan fingerprint density at radius 2 is 2.09 bits per heavy atom. The maximum absolute atomic E-state index is 11.0. The Balaban J connectivity index is 2.53. The minimum Gasteiger partial charge on any atom is -0.286 e. The largest absolute Gasteiger partial charge is 0.318 e. The molecule has 1 amide bonds. The molecule has 0 aromatic rings. The minimum absolute atomic E-state index is 0.331. The molecule has 0 aromatic heterocycles. The molecule has 7 heteroatoms. The van der Waals surface area contributed by atoms with E-state index < -0.39 is 15.8 Å². The van der Waals surface area contributed by atoms with Crippen LogP contribution in [0.15, 0.2) is 0 Å². The number of amides is 1. The van der Waals surface area contributed by atoms with Crippen LogP contribution in [0, 0.1) is 0 Å². The van der Waals surface area contributed by atoms with Crippen LogP contribution in [0.3, 0.4) is 0 Å². The van der Waals surface area contributed by atoms with Gasteiger partial charge in [-0.1, -0.05) is 0 Å². The quantitative estimate of drug-likeness (QED) is 0.597. The van der Waals surface area contributed by atoms with E-state index in [2.05, 4.69) is 0 Å². The summed E-state index contributed by atoms with van der Waals surface area (Å²) in [5.74, 6) is -0.558. The number of carbonyl (C=O) groups excluding carboxylic acids is 1. The zero-order chi connectivity index (χ0) is 8.48. The van der Waals surface area contributed by atoms with Gasteiger partial charge in [0, 0.05) is 0 Å². The molecular weight excluding hydrogens is 280 g/mol. The normalized spacial score (nSPS) is 17.5. The molecule has 0 unspecified atom stereocenters. The molecule has 0 heterocycles. The van der Waals surface area contributed by atoms with Crippen molar-refractivity contribution in [3.05, 3.63) is 0 Å². The van der Waals surface area contributed by atoms with E-state index in [0.29, 0.717) is 12.8 Å². The number of carbonyl (C=O) groups is 1. The highest BCUT2D eigenvalue weighted by molar-refractivity contribution is 14.1. The number of sulfonamides is 1.